The SMILES string of the molecule is COc1ccc(C)cc1N(CC(=O)N[C@@H](C)c1ccc(S(C)(=O)=O)cc1)S(=O)(=O)c1ccc(C)cc1. The molecule has 0 spiro atoms. The van der Waals surface area contributed by atoms with Crippen molar-refractivity contribution in [1.29, 1.82) is 0 Å². The second kappa shape index (κ2) is 10.7. The van der Waals surface area contributed by atoms with E-state index >= 15 is 0 Å². The molecule has 1 atom stereocenters. The Morgan fingerprint density at radius 2 is 1.44 bits per heavy atom. The minimum absolute atomic E-state index is 0.0499. The Morgan fingerprint density at radius 1 is 0.889 bits per heavy atom. The summed E-state index contributed by atoms with van der Waals surface area (Å²) >= 11 is 0. The van der Waals surface area contributed by atoms with Crippen molar-refractivity contribution in [3.63, 3.8) is 0 Å². The third kappa shape index (κ3) is 6.24. The third-order valence-electron chi connectivity index (χ3n) is 5.68. The molecule has 3 aromatic carbocycles. The topological polar surface area (TPSA) is 110 Å². The summed E-state index contributed by atoms with van der Waals surface area (Å²) in [7, 11) is -6.02. The first-order valence-electron chi connectivity index (χ1n) is 11.2. The van der Waals surface area contributed by atoms with Crippen LogP contribution in [0.4, 0.5) is 5.69 Å². The number of hydrogen-bond acceptors (Lipinski definition) is 6. The highest BCUT2D eigenvalue weighted by molar-refractivity contribution is 7.93. The van der Waals surface area contributed by atoms with Gasteiger partial charge in [-0.2, -0.15) is 0 Å². The fourth-order valence-electron chi connectivity index (χ4n) is 3.64. The van der Waals surface area contributed by atoms with Crippen LogP contribution in [-0.2, 0) is 24.7 Å². The summed E-state index contributed by atoms with van der Waals surface area (Å²) in [4.78, 5) is 13.3. The quantitative estimate of drug-likeness (QED) is 0.451. The number of carbonyl (C=O) groups excluding carboxylic acids is 1. The maximum atomic E-state index is 13.7. The molecule has 10 heteroatoms. The number of methoxy groups -OCH3 is 1. The number of nitrogens with one attached hydrogen (secondary N) is 1. The van der Waals surface area contributed by atoms with E-state index in [9.17, 15) is 21.6 Å². The van der Waals surface area contributed by atoms with Crippen molar-refractivity contribution in [3.8, 4) is 5.75 Å². The number of sulfonamides is 1. The molecule has 8 nitrogen and oxygen atoms in total. The highest BCUT2D eigenvalue weighted by atomic mass is 32.2. The lowest BCUT2D eigenvalue weighted by Crippen LogP contribution is -2.41. The van der Waals surface area contributed by atoms with Crippen molar-refractivity contribution >= 4 is 31.5 Å². The highest BCUT2D eigenvalue weighted by Gasteiger charge is 2.30. The van der Waals surface area contributed by atoms with Crippen molar-refractivity contribution in [2.45, 2.75) is 36.6 Å². The van der Waals surface area contributed by atoms with E-state index in [1.807, 2.05) is 13.8 Å². The zero-order valence-electron chi connectivity index (χ0n) is 20.8. The molecule has 3 rings (SSSR count). The van der Waals surface area contributed by atoms with E-state index in [0.29, 0.717) is 11.3 Å². The Balaban J connectivity index is 1.93. The van der Waals surface area contributed by atoms with Gasteiger partial charge in [0.25, 0.3) is 10.0 Å². The molecule has 0 saturated heterocycles. The summed E-state index contributed by atoms with van der Waals surface area (Å²) in [5.41, 5.74) is 2.63. The lowest BCUT2D eigenvalue weighted by Gasteiger charge is -2.27. The number of amides is 1. The maximum Gasteiger partial charge on any atom is 0.264 e. The van der Waals surface area contributed by atoms with Crippen LogP contribution in [0.15, 0.2) is 76.5 Å². The Hall–Kier alpha value is -3.37. The standard InChI is InChI=1S/C26H30N2O6S2/c1-18-6-11-23(12-7-18)36(32,33)28(24-16-19(2)8-15-25(24)34-4)17-26(29)27-20(3)21-9-13-22(14-10-21)35(5,30)31/h6-16,20H,17H2,1-5H3,(H,27,29)/t20-/m0/s1. The molecular formula is C26H30N2O6S2. The van der Waals surface area contributed by atoms with E-state index in [-0.39, 0.29) is 15.5 Å². The van der Waals surface area contributed by atoms with Gasteiger partial charge in [0.15, 0.2) is 9.84 Å². The van der Waals surface area contributed by atoms with Crippen LogP contribution in [0, 0.1) is 13.8 Å². The number of anilines is 1. The predicted molar refractivity (Wildman–Crippen MR) is 140 cm³/mol. The molecule has 0 aliphatic heterocycles. The zero-order valence-corrected chi connectivity index (χ0v) is 22.5. The van der Waals surface area contributed by atoms with Crippen LogP contribution in [0.25, 0.3) is 0 Å². The molecule has 192 valence electrons. The number of nitrogens with zero attached hydrogens (tertiary/aromatic N) is 1. The molecule has 3 aromatic rings. The van der Waals surface area contributed by atoms with Gasteiger partial charge in [-0.3, -0.25) is 9.10 Å². The molecular weight excluding hydrogens is 500 g/mol. The van der Waals surface area contributed by atoms with Gasteiger partial charge < -0.3 is 10.1 Å². The van der Waals surface area contributed by atoms with E-state index in [1.165, 1.54) is 31.4 Å². The van der Waals surface area contributed by atoms with Crippen molar-refractivity contribution in [1.82, 2.24) is 5.32 Å². The Bertz CT molecular complexity index is 1450. The largest absolute Gasteiger partial charge is 0.495 e. The lowest BCUT2D eigenvalue weighted by molar-refractivity contribution is -0.120. The van der Waals surface area contributed by atoms with Gasteiger partial charge in [0.05, 0.1) is 28.6 Å². The molecule has 36 heavy (non-hydrogen) atoms. The van der Waals surface area contributed by atoms with Gasteiger partial charge in [0.1, 0.15) is 12.3 Å². The summed E-state index contributed by atoms with van der Waals surface area (Å²) in [6.45, 7) is 4.93. The average Bonchev–Trinajstić information content (AvgIpc) is 2.82. The smallest absolute Gasteiger partial charge is 0.264 e. The van der Waals surface area contributed by atoms with Gasteiger partial charge in [-0.05, 0) is 68.3 Å². The third-order valence-corrected chi connectivity index (χ3v) is 8.59. The molecule has 0 aromatic heterocycles. The Kier molecular flexibility index (Phi) is 8.10. The second-order valence-electron chi connectivity index (χ2n) is 8.63. The first-order valence-corrected chi connectivity index (χ1v) is 14.5. The molecule has 0 heterocycles. The molecule has 0 aliphatic carbocycles. The van der Waals surface area contributed by atoms with E-state index in [0.717, 1.165) is 21.7 Å². The summed E-state index contributed by atoms with van der Waals surface area (Å²) in [5, 5.41) is 2.80. The van der Waals surface area contributed by atoms with Crippen LogP contribution < -0.4 is 14.4 Å². The molecule has 0 aliphatic rings. The van der Waals surface area contributed by atoms with Gasteiger partial charge in [-0.1, -0.05) is 35.9 Å². The summed E-state index contributed by atoms with van der Waals surface area (Å²) < 4.78 is 57.2. The maximum absolute atomic E-state index is 13.7. The van der Waals surface area contributed by atoms with Gasteiger partial charge >= 0.3 is 0 Å². The number of ether oxygens (including phenoxy) is 1. The molecule has 0 radical (unpaired) electrons. The number of sulfone groups is 1. The fourth-order valence-corrected chi connectivity index (χ4v) is 5.69. The van der Waals surface area contributed by atoms with Gasteiger partial charge in [0.2, 0.25) is 5.91 Å². The Morgan fingerprint density at radius 3 is 2.00 bits per heavy atom. The normalized spacial score (nSPS) is 12.6. The van der Waals surface area contributed by atoms with Crippen LogP contribution in [0.2, 0.25) is 0 Å². The fraction of sp³-hybridized carbons (Fsp3) is 0.269. The van der Waals surface area contributed by atoms with Crippen LogP contribution in [-0.4, -0.2) is 42.7 Å². The lowest BCUT2D eigenvalue weighted by atomic mass is 10.1. The van der Waals surface area contributed by atoms with Crippen molar-refractivity contribution in [2.75, 3.05) is 24.2 Å². The Labute approximate surface area is 212 Å². The summed E-state index contributed by atoms with van der Waals surface area (Å²) in [5.74, 6) is -0.220. The number of benzene rings is 3. The molecule has 0 bridgehead atoms. The first kappa shape index (κ1) is 27.2. The van der Waals surface area contributed by atoms with Crippen LogP contribution in [0.5, 0.6) is 5.75 Å². The van der Waals surface area contributed by atoms with E-state index < -0.39 is 38.4 Å². The van der Waals surface area contributed by atoms with Crippen molar-refractivity contribution < 1.29 is 26.4 Å². The first-order chi connectivity index (χ1) is 16.8. The van der Waals surface area contributed by atoms with Gasteiger partial charge in [0, 0.05) is 6.26 Å². The second-order valence-corrected chi connectivity index (χ2v) is 12.5. The summed E-state index contributed by atoms with van der Waals surface area (Å²) in [6, 6.07) is 17.2. The van der Waals surface area contributed by atoms with Crippen LogP contribution in [0.3, 0.4) is 0 Å². The minimum Gasteiger partial charge on any atom is -0.495 e. The van der Waals surface area contributed by atoms with Gasteiger partial charge in [-0.25, -0.2) is 16.8 Å². The number of rotatable bonds is 9. The monoisotopic (exact) mass is 530 g/mol. The van der Waals surface area contributed by atoms with Gasteiger partial charge in [-0.15, -0.1) is 0 Å². The molecule has 0 saturated carbocycles. The van der Waals surface area contributed by atoms with Crippen LogP contribution in [0.1, 0.15) is 29.7 Å². The van der Waals surface area contributed by atoms with E-state index in [2.05, 4.69) is 5.32 Å². The molecule has 0 fully saturated rings. The average molecular weight is 531 g/mol. The van der Waals surface area contributed by atoms with Crippen LogP contribution >= 0.6 is 0 Å². The molecule has 0 unspecified atom stereocenters. The summed E-state index contributed by atoms with van der Waals surface area (Å²) in [6.07, 6.45) is 1.12. The van der Waals surface area contributed by atoms with E-state index in [4.69, 9.17) is 4.74 Å². The van der Waals surface area contributed by atoms with Crippen molar-refractivity contribution in [3.05, 3.63) is 83.4 Å². The number of carbonyl (C=O) groups is 1. The zero-order chi connectivity index (χ0) is 26.7. The molecule has 1 amide bonds. The number of aryl methyl sites for hydroxylation is 2. The van der Waals surface area contributed by atoms with Crippen molar-refractivity contribution in [2.24, 2.45) is 0 Å². The van der Waals surface area contributed by atoms with E-state index in [1.54, 1.807) is 49.4 Å². The highest BCUT2D eigenvalue weighted by Crippen LogP contribution is 2.33. The predicted octanol–water partition coefficient (Wildman–Crippen LogP) is 3.79. The number of hydrogen-bond donors (Lipinski definition) is 1. The minimum atomic E-state index is -4.11. The molecule has 1 N–H and O–H groups in total.